The molecule has 1 N–H and O–H groups in total. The zero-order valence-corrected chi connectivity index (χ0v) is 16.2. The molecule has 1 saturated heterocycles. The van der Waals surface area contributed by atoms with Crippen molar-refractivity contribution < 1.29 is 19.1 Å². The lowest BCUT2D eigenvalue weighted by Gasteiger charge is -2.22. The van der Waals surface area contributed by atoms with E-state index in [1.54, 1.807) is 29.2 Å². The van der Waals surface area contributed by atoms with E-state index in [2.05, 4.69) is 5.32 Å². The first-order valence-electron chi connectivity index (χ1n) is 9.27. The van der Waals surface area contributed by atoms with Crippen LogP contribution < -0.4 is 19.7 Å². The van der Waals surface area contributed by atoms with Crippen LogP contribution in [0, 0.1) is 5.92 Å². The first-order valence-corrected chi connectivity index (χ1v) is 9.65. The van der Waals surface area contributed by atoms with Gasteiger partial charge in [-0.25, -0.2) is 0 Å². The monoisotopic (exact) mass is 400 g/mol. The maximum atomic E-state index is 12.7. The first-order chi connectivity index (χ1) is 13.5. The Kier molecular flexibility index (Phi) is 5.13. The minimum Gasteiger partial charge on any atom is -0.486 e. The van der Waals surface area contributed by atoms with Crippen LogP contribution in [0.25, 0.3) is 0 Å². The zero-order valence-electron chi connectivity index (χ0n) is 15.5. The minimum absolute atomic E-state index is 0.0732. The highest BCUT2D eigenvalue weighted by Crippen LogP contribution is 2.36. The van der Waals surface area contributed by atoms with Crippen molar-refractivity contribution in [1.82, 2.24) is 5.32 Å². The molecule has 2 heterocycles. The van der Waals surface area contributed by atoms with Crippen LogP contribution in [-0.2, 0) is 9.59 Å². The summed E-state index contributed by atoms with van der Waals surface area (Å²) in [4.78, 5) is 26.8. The van der Waals surface area contributed by atoms with Gasteiger partial charge in [-0.3, -0.25) is 9.59 Å². The van der Waals surface area contributed by atoms with E-state index in [1.165, 1.54) is 0 Å². The highest BCUT2D eigenvalue weighted by atomic mass is 35.5. The van der Waals surface area contributed by atoms with Gasteiger partial charge in [-0.15, -0.1) is 0 Å². The lowest BCUT2D eigenvalue weighted by atomic mass is 10.1. The molecule has 7 heteroatoms. The summed E-state index contributed by atoms with van der Waals surface area (Å²) < 4.78 is 11.1. The highest BCUT2D eigenvalue weighted by molar-refractivity contribution is 6.30. The Morgan fingerprint density at radius 3 is 2.61 bits per heavy atom. The fourth-order valence-electron chi connectivity index (χ4n) is 3.50. The van der Waals surface area contributed by atoms with Crippen LogP contribution in [-0.4, -0.2) is 31.6 Å². The van der Waals surface area contributed by atoms with E-state index in [4.69, 9.17) is 21.1 Å². The second-order valence-corrected chi connectivity index (χ2v) is 7.45. The molecule has 4 rings (SSSR count). The van der Waals surface area contributed by atoms with Crippen LogP contribution in [0.4, 0.5) is 5.69 Å². The molecule has 6 nitrogen and oxygen atoms in total. The van der Waals surface area contributed by atoms with Crippen molar-refractivity contribution in [3.8, 4) is 11.5 Å². The molecule has 0 aliphatic carbocycles. The normalized spacial score (nSPS) is 19.4. The number of nitrogens with zero attached hydrogens (tertiary/aromatic N) is 1. The average molecular weight is 401 g/mol. The summed E-state index contributed by atoms with van der Waals surface area (Å²) in [5, 5.41) is 3.65. The van der Waals surface area contributed by atoms with Crippen LogP contribution >= 0.6 is 11.6 Å². The van der Waals surface area contributed by atoms with Gasteiger partial charge in [0.15, 0.2) is 11.5 Å². The lowest BCUT2D eigenvalue weighted by molar-refractivity contribution is -0.126. The third kappa shape index (κ3) is 3.78. The number of ether oxygens (including phenoxy) is 2. The topological polar surface area (TPSA) is 67.9 Å². The van der Waals surface area contributed by atoms with Crippen molar-refractivity contribution in [2.24, 2.45) is 5.92 Å². The number of fused-ring (bicyclic) bond motifs is 1. The predicted octanol–water partition coefficient (Wildman–Crippen LogP) is 3.34. The largest absolute Gasteiger partial charge is 0.486 e. The van der Waals surface area contributed by atoms with Gasteiger partial charge in [0.2, 0.25) is 11.8 Å². The summed E-state index contributed by atoms with van der Waals surface area (Å²) in [6, 6.07) is 12.6. The first kappa shape index (κ1) is 18.6. The van der Waals surface area contributed by atoms with Crippen molar-refractivity contribution in [3.63, 3.8) is 0 Å². The van der Waals surface area contributed by atoms with E-state index in [0.29, 0.717) is 36.3 Å². The molecule has 146 valence electrons. The fourth-order valence-corrected chi connectivity index (χ4v) is 3.62. The van der Waals surface area contributed by atoms with Gasteiger partial charge in [-0.2, -0.15) is 0 Å². The van der Waals surface area contributed by atoms with Crippen LogP contribution in [0.5, 0.6) is 11.5 Å². The van der Waals surface area contributed by atoms with E-state index in [-0.39, 0.29) is 24.3 Å². The number of rotatable bonds is 4. The smallest absolute Gasteiger partial charge is 0.227 e. The van der Waals surface area contributed by atoms with Crippen LogP contribution in [0.15, 0.2) is 42.5 Å². The molecular formula is C21H21ClN2O4. The number of hydrogen-bond acceptors (Lipinski definition) is 4. The maximum absolute atomic E-state index is 12.7. The molecular weight excluding hydrogens is 380 g/mol. The van der Waals surface area contributed by atoms with Crippen LogP contribution in [0.3, 0.4) is 0 Å². The number of hydrogen-bond donors (Lipinski definition) is 1. The van der Waals surface area contributed by atoms with Crippen molar-refractivity contribution in [2.45, 2.75) is 19.4 Å². The molecule has 0 radical (unpaired) electrons. The average Bonchev–Trinajstić information content (AvgIpc) is 3.10. The third-order valence-corrected chi connectivity index (χ3v) is 5.31. The maximum Gasteiger partial charge on any atom is 0.227 e. The molecule has 28 heavy (non-hydrogen) atoms. The Hall–Kier alpha value is -2.73. The Balaban J connectivity index is 1.42. The van der Waals surface area contributed by atoms with E-state index in [1.807, 2.05) is 25.1 Å². The molecule has 0 spiro atoms. The van der Waals surface area contributed by atoms with Gasteiger partial charge in [0.25, 0.3) is 0 Å². The van der Waals surface area contributed by atoms with Crippen molar-refractivity contribution >= 4 is 29.1 Å². The van der Waals surface area contributed by atoms with Gasteiger partial charge in [0.1, 0.15) is 13.2 Å². The number of nitrogens with one attached hydrogen (secondary N) is 1. The number of halogens is 1. The Bertz CT molecular complexity index is 900. The van der Waals surface area contributed by atoms with Gasteiger partial charge < -0.3 is 19.7 Å². The second-order valence-electron chi connectivity index (χ2n) is 7.02. The number of carbonyl (C=O) groups excluding carboxylic acids is 2. The number of carbonyl (C=O) groups is 2. The lowest BCUT2D eigenvalue weighted by Crippen LogP contribution is -2.34. The summed E-state index contributed by atoms with van der Waals surface area (Å²) in [6.45, 7) is 3.26. The van der Waals surface area contributed by atoms with E-state index < -0.39 is 5.92 Å². The molecule has 2 aromatic carbocycles. The molecule has 0 aromatic heterocycles. The molecule has 2 aliphatic rings. The molecule has 2 atom stereocenters. The van der Waals surface area contributed by atoms with Gasteiger partial charge >= 0.3 is 0 Å². The summed E-state index contributed by atoms with van der Waals surface area (Å²) in [7, 11) is 0. The summed E-state index contributed by atoms with van der Waals surface area (Å²) in [6.07, 6.45) is 0.188. The van der Waals surface area contributed by atoms with E-state index in [0.717, 1.165) is 11.3 Å². The van der Waals surface area contributed by atoms with Crippen LogP contribution in [0.2, 0.25) is 5.02 Å². The second kappa shape index (κ2) is 7.72. The Labute approximate surface area is 168 Å². The van der Waals surface area contributed by atoms with E-state index in [9.17, 15) is 9.59 Å². The Morgan fingerprint density at radius 2 is 1.86 bits per heavy atom. The van der Waals surface area contributed by atoms with Crippen molar-refractivity contribution in [3.05, 3.63) is 53.1 Å². The van der Waals surface area contributed by atoms with Crippen LogP contribution in [0.1, 0.15) is 24.9 Å². The van der Waals surface area contributed by atoms with Crippen molar-refractivity contribution in [2.75, 3.05) is 24.7 Å². The summed E-state index contributed by atoms with van der Waals surface area (Å²) >= 11 is 5.91. The van der Waals surface area contributed by atoms with Gasteiger partial charge in [0, 0.05) is 29.7 Å². The molecule has 2 aromatic rings. The summed E-state index contributed by atoms with van der Waals surface area (Å²) in [5.41, 5.74) is 1.68. The van der Waals surface area contributed by atoms with Gasteiger partial charge in [0.05, 0.1) is 12.0 Å². The molecule has 0 bridgehead atoms. The van der Waals surface area contributed by atoms with E-state index >= 15 is 0 Å². The predicted molar refractivity (Wildman–Crippen MR) is 106 cm³/mol. The molecule has 0 saturated carbocycles. The summed E-state index contributed by atoms with van der Waals surface area (Å²) in [5.74, 6) is 0.704. The van der Waals surface area contributed by atoms with Crippen molar-refractivity contribution in [1.29, 1.82) is 0 Å². The number of amides is 2. The fraction of sp³-hybridized carbons (Fsp3) is 0.333. The SMILES string of the molecule is CC(NC(=O)C1CC(=O)N(c2ccc3c(c2)OCCO3)C1)c1ccc(Cl)cc1. The highest BCUT2D eigenvalue weighted by Gasteiger charge is 2.36. The standard InChI is InChI=1S/C21H21ClN2O4/c1-13(14-2-4-16(22)5-3-14)23-21(26)15-10-20(25)24(12-15)17-6-7-18-19(11-17)28-9-8-27-18/h2-7,11,13,15H,8-10,12H2,1H3,(H,23,26). The number of benzene rings is 2. The molecule has 2 aliphatic heterocycles. The van der Waals surface area contributed by atoms with Gasteiger partial charge in [-0.1, -0.05) is 23.7 Å². The Morgan fingerprint density at radius 1 is 1.14 bits per heavy atom. The van der Waals surface area contributed by atoms with Gasteiger partial charge in [-0.05, 0) is 36.8 Å². The molecule has 1 fully saturated rings. The minimum atomic E-state index is -0.393. The zero-order chi connectivity index (χ0) is 19.7. The molecule has 2 unspecified atom stereocenters. The number of anilines is 1. The third-order valence-electron chi connectivity index (χ3n) is 5.06. The quantitative estimate of drug-likeness (QED) is 0.854. The molecule has 2 amide bonds.